The van der Waals surface area contributed by atoms with Gasteiger partial charge in [0.25, 0.3) is 0 Å². The van der Waals surface area contributed by atoms with Gasteiger partial charge in [-0.25, -0.2) is 4.98 Å². The molecule has 0 spiro atoms. The summed E-state index contributed by atoms with van der Waals surface area (Å²) in [4.78, 5) is 8.85. The number of aromatic nitrogens is 2. The van der Waals surface area contributed by atoms with Crippen molar-refractivity contribution < 1.29 is 0 Å². The third-order valence-corrected chi connectivity index (χ3v) is 4.01. The minimum atomic E-state index is 0.449. The highest BCUT2D eigenvalue weighted by Gasteiger charge is 2.17. The first-order chi connectivity index (χ1) is 8.43. The van der Waals surface area contributed by atoms with Crippen LogP contribution >= 0.6 is 11.3 Å². The molecule has 0 amide bonds. The molecule has 1 N–H and O–H groups in total. The van der Waals surface area contributed by atoms with Crippen molar-refractivity contribution >= 4 is 11.3 Å². The van der Waals surface area contributed by atoms with E-state index in [2.05, 4.69) is 21.7 Å². The Morgan fingerprint density at radius 3 is 3.12 bits per heavy atom. The maximum absolute atomic E-state index is 4.72. The molecule has 3 rings (SSSR count). The molecular formula is C13H15N3S. The van der Waals surface area contributed by atoms with E-state index in [9.17, 15) is 0 Å². The molecular weight excluding hydrogens is 230 g/mol. The topological polar surface area (TPSA) is 37.8 Å². The summed E-state index contributed by atoms with van der Waals surface area (Å²) >= 11 is 1.71. The summed E-state index contributed by atoms with van der Waals surface area (Å²) in [7, 11) is 0. The van der Waals surface area contributed by atoms with E-state index < -0.39 is 0 Å². The van der Waals surface area contributed by atoms with E-state index in [-0.39, 0.29) is 0 Å². The number of thiazole rings is 1. The smallest absolute Gasteiger partial charge is 0.125 e. The number of piperidine rings is 1. The highest BCUT2D eigenvalue weighted by atomic mass is 32.1. The molecule has 2 aromatic rings. The standard InChI is InChI=1S/C13H15N3S/c1-2-7-15-11(5-1)12-9-17-13(16-12)10-4-3-6-14-8-10/h3-4,6,8-9,11,15H,1-2,5,7H2. The Kier molecular flexibility index (Phi) is 3.16. The maximum Gasteiger partial charge on any atom is 0.125 e. The van der Waals surface area contributed by atoms with Crippen LogP contribution in [-0.2, 0) is 0 Å². The van der Waals surface area contributed by atoms with Gasteiger partial charge < -0.3 is 5.32 Å². The summed E-state index contributed by atoms with van der Waals surface area (Å²) in [5, 5.41) is 6.77. The molecule has 17 heavy (non-hydrogen) atoms. The third kappa shape index (κ3) is 2.37. The van der Waals surface area contributed by atoms with Crippen molar-refractivity contribution in [1.82, 2.24) is 15.3 Å². The van der Waals surface area contributed by atoms with Gasteiger partial charge in [0, 0.05) is 23.3 Å². The fourth-order valence-corrected chi connectivity index (χ4v) is 3.04. The van der Waals surface area contributed by atoms with Gasteiger partial charge in [0.15, 0.2) is 0 Å². The molecule has 0 bridgehead atoms. The first-order valence-electron chi connectivity index (χ1n) is 6.03. The van der Waals surface area contributed by atoms with E-state index in [1.165, 1.54) is 25.0 Å². The minimum Gasteiger partial charge on any atom is -0.309 e. The molecule has 3 nitrogen and oxygen atoms in total. The second-order valence-electron chi connectivity index (χ2n) is 4.32. The van der Waals surface area contributed by atoms with Crippen LogP contribution < -0.4 is 5.32 Å². The highest BCUT2D eigenvalue weighted by Crippen LogP contribution is 2.28. The Hall–Kier alpha value is -1.26. The monoisotopic (exact) mass is 245 g/mol. The second kappa shape index (κ2) is 4.94. The van der Waals surface area contributed by atoms with E-state index in [1.54, 1.807) is 17.5 Å². The summed E-state index contributed by atoms with van der Waals surface area (Å²) in [5.41, 5.74) is 2.30. The highest BCUT2D eigenvalue weighted by molar-refractivity contribution is 7.13. The largest absolute Gasteiger partial charge is 0.309 e. The van der Waals surface area contributed by atoms with Gasteiger partial charge in [-0.2, -0.15) is 0 Å². The molecule has 1 fully saturated rings. The van der Waals surface area contributed by atoms with Gasteiger partial charge in [-0.1, -0.05) is 6.42 Å². The predicted molar refractivity (Wildman–Crippen MR) is 69.9 cm³/mol. The number of pyridine rings is 1. The first kappa shape index (κ1) is 10.9. The van der Waals surface area contributed by atoms with Crippen molar-refractivity contribution in [2.45, 2.75) is 25.3 Å². The van der Waals surface area contributed by atoms with E-state index >= 15 is 0 Å². The van der Waals surface area contributed by atoms with Crippen LogP contribution in [0.2, 0.25) is 0 Å². The number of hydrogen-bond donors (Lipinski definition) is 1. The van der Waals surface area contributed by atoms with E-state index in [0.29, 0.717) is 6.04 Å². The lowest BCUT2D eigenvalue weighted by Gasteiger charge is -2.21. The Morgan fingerprint density at radius 2 is 2.35 bits per heavy atom. The molecule has 4 heteroatoms. The van der Waals surface area contributed by atoms with Gasteiger partial charge >= 0.3 is 0 Å². The Balaban J connectivity index is 1.83. The van der Waals surface area contributed by atoms with Crippen LogP contribution in [0.4, 0.5) is 0 Å². The van der Waals surface area contributed by atoms with Gasteiger partial charge in [0.2, 0.25) is 0 Å². The first-order valence-corrected chi connectivity index (χ1v) is 6.90. The second-order valence-corrected chi connectivity index (χ2v) is 5.18. The normalized spacial score (nSPS) is 20.4. The number of nitrogens with one attached hydrogen (secondary N) is 1. The maximum atomic E-state index is 4.72. The van der Waals surface area contributed by atoms with Crippen molar-refractivity contribution in [2.75, 3.05) is 6.54 Å². The molecule has 0 aliphatic carbocycles. The van der Waals surface area contributed by atoms with Gasteiger partial charge in [0.1, 0.15) is 5.01 Å². The van der Waals surface area contributed by atoms with Crippen LogP contribution in [0.3, 0.4) is 0 Å². The van der Waals surface area contributed by atoms with Crippen molar-refractivity contribution in [3.05, 3.63) is 35.6 Å². The number of hydrogen-bond acceptors (Lipinski definition) is 4. The van der Waals surface area contributed by atoms with Gasteiger partial charge in [-0.15, -0.1) is 11.3 Å². The molecule has 1 atom stereocenters. The Labute approximate surface area is 105 Å². The zero-order valence-electron chi connectivity index (χ0n) is 9.60. The molecule has 88 valence electrons. The lowest BCUT2D eigenvalue weighted by Crippen LogP contribution is -2.26. The lowest BCUT2D eigenvalue weighted by atomic mass is 10.0. The molecule has 1 aliphatic rings. The minimum absolute atomic E-state index is 0.449. The van der Waals surface area contributed by atoms with E-state index in [4.69, 9.17) is 4.98 Å². The lowest BCUT2D eigenvalue weighted by molar-refractivity contribution is 0.407. The summed E-state index contributed by atoms with van der Waals surface area (Å²) < 4.78 is 0. The number of rotatable bonds is 2. The average Bonchev–Trinajstić information content (AvgIpc) is 2.90. The Bertz CT molecular complexity index is 474. The van der Waals surface area contributed by atoms with Gasteiger partial charge in [0.05, 0.1) is 11.7 Å². The summed E-state index contributed by atoms with van der Waals surface area (Å²) in [5.74, 6) is 0. The van der Waals surface area contributed by atoms with Crippen molar-refractivity contribution in [3.63, 3.8) is 0 Å². The van der Waals surface area contributed by atoms with E-state index in [1.807, 2.05) is 12.3 Å². The Morgan fingerprint density at radius 1 is 1.35 bits per heavy atom. The van der Waals surface area contributed by atoms with Gasteiger partial charge in [-0.05, 0) is 31.5 Å². The molecule has 1 unspecified atom stereocenters. The molecule has 2 aromatic heterocycles. The average molecular weight is 245 g/mol. The van der Waals surface area contributed by atoms with Crippen molar-refractivity contribution in [2.24, 2.45) is 0 Å². The van der Waals surface area contributed by atoms with Crippen LogP contribution in [0.25, 0.3) is 10.6 Å². The van der Waals surface area contributed by atoms with Gasteiger partial charge in [-0.3, -0.25) is 4.98 Å². The molecule has 1 aliphatic heterocycles. The summed E-state index contributed by atoms with van der Waals surface area (Å²) in [6, 6.07) is 4.46. The molecule has 0 radical (unpaired) electrons. The SMILES string of the molecule is c1cncc(-c2nc(C3CCCCN3)cs2)c1. The van der Waals surface area contributed by atoms with E-state index in [0.717, 1.165) is 17.1 Å². The number of nitrogens with zero attached hydrogens (tertiary/aromatic N) is 2. The van der Waals surface area contributed by atoms with Crippen LogP contribution in [-0.4, -0.2) is 16.5 Å². The summed E-state index contributed by atoms with van der Waals surface area (Å²) in [6.07, 6.45) is 7.46. The molecule has 0 saturated carbocycles. The fourth-order valence-electron chi connectivity index (χ4n) is 2.17. The van der Waals surface area contributed by atoms with Crippen LogP contribution in [0, 0.1) is 0 Å². The predicted octanol–water partition coefficient (Wildman–Crippen LogP) is 3.02. The molecule has 1 saturated heterocycles. The van der Waals surface area contributed by atoms with Crippen LogP contribution in [0.15, 0.2) is 29.9 Å². The fraction of sp³-hybridized carbons (Fsp3) is 0.385. The zero-order chi connectivity index (χ0) is 11.5. The van der Waals surface area contributed by atoms with Crippen LogP contribution in [0.5, 0.6) is 0 Å². The van der Waals surface area contributed by atoms with Crippen LogP contribution in [0.1, 0.15) is 31.0 Å². The molecule has 0 aromatic carbocycles. The summed E-state index contributed by atoms with van der Waals surface area (Å²) in [6.45, 7) is 1.12. The van der Waals surface area contributed by atoms with Crippen molar-refractivity contribution in [3.8, 4) is 10.6 Å². The zero-order valence-corrected chi connectivity index (χ0v) is 10.4. The third-order valence-electron chi connectivity index (χ3n) is 3.10. The quantitative estimate of drug-likeness (QED) is 0.883. The van der Waals surface area contributed by atoms with Crippen molar-refractivity contribution in [1.29, 1.82) is 0 Å². The molecule has 3 heterocycles.